The van der Waals surface area contributed by atoms with Crippen molar-refractivity contribution in [2.45, 2.75) is 26.2 Å². The number of benzene rings is 1. The van der Waals surface area contributed by atoms with E-state index in [0.29, 0.717) is 5.69 Å². The van der Waals surface area contributed by atoms with Crippen LogP contribution in [0.5, 0.6) is 0 Å². The summed E-state index contributed by atoms with van der Waals surface area (Å²) in [6.45, 7) is 6.15. The van der Waals surface area contributed by atoms with Gasteiger partial charge in [-0.3, -0.25) is 4.72 Å². The molecule has 0 amide bonds. The Kier molecular flexibility index (Phi) is 3.09. The fraction of sp³-hybridized carbons (Fsp3) is 0.455. The zero-order valence-corrected chi connectivity index (χ0v) is 10.4. The van der Waals surface area contributed by atoms with Crippen molar-refractivity contribution in [2.24, 2.45) is 0 Å². The molecule has 84 valence electrons. The second-order valence-electron chi connectivity index (χ2n) is 4.67. The van der Waals surface area contributed by atoms with Crippen molar-refractivity contribution in [2.75, 3.05) is 11.0 Å². The smallest absolute Gasteiger partial charge is 0.229 e. The van der Waals surface area contributed by atoms with Crippen LogP contribution in [0.25, 0.3) is 0 Å². The third-order valence-corrected chi connectivity index (χ3v) is 2.62. The molecule has 0 aromatic heterocycles. The molecule has 15 heavy (non-hydrogen) atoms. The van der Waals surface area contributed by atoms with Crippen molar-refractivity contribution in [3.8, 4) is 0 Å². The highest BCUT2D eigenvalue weighted by Gasteiger charge is 2.18. The summed E-state index contributed by atoms with van der Waals surface area (Å²) in [5.41, 5.74) is 1.58. The molecular weight excluding hydrogens is 210 g/mol. The second-order valence-corrected chi connectivity index (χ2v) is 6.42. The van der Waals surface area contributed by atoms with Crippen LogP contribution in [-0.4, -0.2) is 14.7 Å². The molecule has 0 atom stereocenters. The molecule has 1 aromatic carbocycles. The predicted molar refractivity (Wildman–Crippen MR) is 63.6 cm³/mol. The molecule has 0 fully saturated rings. The molecule has 3 nitrogen and oxygen atoms in total. The summed E-state index contributed by atoms with van der Waals surface area (Å²) in [6.07, 6.45) is 1.16. The Labute approximate surface area is 91.6 Å². The van der Waals surface area contributed by atoms with E-state index in [4.69, 9.17) is 0 Å². The maximum absolute atomic E-state index is 11.2. The average molecular weight is 227 g/mol. The first-order chi connectivity index (χ1) is 6.70. The van der Waals surface area contributed by atoms with Crippen LogP contribution >= 0.6 is 0 Å². The van der Waals surface area contributed by atoms with Crippen LogP contribution in [0.1, 0.15) is 26.3 Å². The largest absolute Gasteiger partial charge is 0.283 e. The Balaban J connectivity index is 3.19. The van der Waals surface area contributed by atoms with Crippen LogP contribution < -0.4 is 4.72 Å². The Morgan fingerprint density at radius 3 is 2.13 bits per heavy atom. The van der Waals surface area contributed by atoms with Gasteiger partial charge in [0.05, 0.1) is 11.9 Å². The lowest BCUT2D eigenvalue weighted by atomic mass is 9.86. The van der Waals surface area contributed by atoms with Crippen molar-refractivity contribution >= 4 is 15.7 Å². The van der Waals surface area contributed by atoms with Gasteiger partial charge in [-0.05, 0) is 17.0 Å². The van der Waals surface area contributed by atoms with Crippen LogP contribution in [0, 0.1) is 0 Å². The molecule has 0 radical (unpaired) electrons. The minimum absolute atomic E-state index is 0.0751. The fourth-order valence-corrected chi connectivity index (χ4v) is 2.00. The standard InChI is InChI=1S/C11H17NO2S/c1-11(2,3)9-7-5-6-8-10(9)12-15(4,13)14/h5-8,12H,1-4H3. The molecule has 0 spiro atoms. The van der Waals surface area contributed by atoms with E-state index in [1.54, 1.807) is 6.07 Å². The highest BCUT2D eigenvalue weighted by molar-refractivity contribution is 7.92. The highest BCUT2D eigenvalue weighted by atomic mass is 32.2. The molecule has 1 N–H and O–H groups in total. The Bertz CT molecular complexity index is 444. The van der Waals surface area contributed by atoms with Crippen molar-refractivity contribution in [3.63, 3.8) is 0 Å². The zero-order valence-electron chi connectivity index (χ0n) is 9.53. The number of hydrogen-bond acceptors (Lipinski definition) is 2. The first-order valence-electron chi connectivity index (χ1n) is 4.77. The van der Waals surface area contributed by atoms with E-state index in [2.05, 4.69) is 25.5 Å². The van der Waals surface area contributed by atoms with Gasteiger partial charge in [-0.2, -0.15) is 0 Å². The number of para-hydroxylation sites is 1. The van der Waals surface area contributed by atoms with Gasteiger partial charge >= 0.3 is 0 Å². The number of rotatable bonds is 2. The summed E-state index contributed by atoms with van der Waals surface area (Å²) < 4.78 is 24.9. The maximum Gasteiger partial charge on any atom is 0.229 e. The highest BCUT2D eigenvalue weighted by Crippen LogP contribution is 2.29. The molecule has 0 unspecified atom stereocenters. The molecule has 0 aliphatic heterocycles. The van der Waals surface area contributed by atoms with E-state index in [-0.39, 0.29) is 5.41 Å². The summed E-state index contributed by atoms with van der Waals surface area (Å²) >= 11 is 0. The summed E-state index contributed by atoms with van der Waals surface area (Å²) in [6, 6.07) is 7.45. The van der Waals surface area contributed by atoms with Crippen LogP contribution in [0.3, 0.4) is 0 Å². The molecule has 1 rings (SSSR count). The van der Waals surface area contributed by atoms with Gasteiger partial charge in [-0.1, -0.05) is 39.0 Å². The Morgan fingerprint density at radius 2 is 1.67 bits per heavy atom. The lowest BCUT2D eigenvalue weighted by Crippen LogP contribution is -2.17. The Hall–Kier alpha value is -1.03. The molecule has 1 aromatic rings. The van der Waals surface area contributed by atoms with Gasteiger partial charge in [0.25, 0.3) is 0 Å². The topological polar surface area (TPSA) is 46.2 Å². The van der Waals surface area contributed by atoms with Crippen molar-refractivity contribution in [1.82, 2.24) is 0 Å². The van der Waals surface area contributed by atoms with Gasteiger partial charge in [0, 0.05) is 0 Å². The minimum atomic E-state index is -3.21. The first kappa shape index (κ1) is 12.0. The summed E-state index contributed by atoms with van der Waals surface area (Å²) in [5, 5.41) is 0. The predicted octanol–water partition coefficient (Wildman–Crippen LogP) is 2.36. The monoisotopic (exact) mass is 227 g/mol. The minimum Gasteiger partial charge on any atom is -0.283 e. The lowest BCUT2D eigenvalue weighted by molar-refractivity contribution is 0.591. The zero-order chi connectivity index (χ0) is 11.7. The number of anilines is 1. The van der Waals surface area contributed by atoms with E-state index in [9.17, 15) is 8.42 Å². The van der Waals surface area contributed by atoms with Crippen LogP contribution in [0.4, 0.5) is 5.69 Å². The average Bonchev–Trinajstić information content (AvgIpc) is 1.99. The van der Waals surface area contributed by atoms with Gasteiger partial charge in [-0.25, -0.2) is 8.42 Å². The van der Waals surface area contributed by atoms with Crippen LogP contribution in [0.15, 0.2) is 24.3 Å². The SMILES string of the molecule is CC(C)(C)c1ccccc1NS(C)(=O)=O. The second kappa shape index (κ2) is 3.85. The third kappa shape index (κ3) is 3.55. The van der Waals surface area contributed by atoms with Gasteiger partial charge in [0.15, 0.2) is 0 Å². The van der Waals surface area contributed by atoms with Crippen molar-refractivity contribution < 1.29 is 8.42 Å². The summed E-state index contributed by atoms with van der Waals surface area (Å²) in [7, 11) is -3.21. The normalized spacial score (nSPS) is 12.5. The molecule has 0 aliphatic rings. The van der Waals surface area contributed by atoms with E-state index in [1.807, 2.05) is 18.2 Å². The maximum atomic E-state index is 11.2. The quantitative estimate of drug-likeness (QED) is 0.843. The molecule has 4 heteroatoms. The third-order valence-electron chi connectivity index (χ3n) is 2.03. The molecule has 0 saturated carbocycles. The molecular formula is C11H17NO2S. The van der Waals surface area contributed by atoms with Crippen LogP contribution in [0.2, 0.25) is 0 Å². The fourth-order valence-electron chi connectivity index (χ4n) is 1.43. The lowest BCUT2D eigenvalue weighted by Gasteiger charge is -2.22. The van der Waals surface area contributed by atoms with E-state index in [1.165, 1.54) is 0 Å². The summed E-state index contributed by atoms with van der Waals surface area (Å²) in [5.74, 6) is 0. The van der Waals surface area contributed by atoms with E-state index >= 15 is 0 Å². The van der Waals surface area contributed by atoms with Gasteiger partial charge in [-0.15, -0.1) is 0 Å². The number of hydrogen-bond donors (Lipinski definition) is 1. The molecule has 0 bridgehead atoms. The van der Waals surface area contributed by atoms with Crippen molar-refractivity contribution in [1.29, 1.82) is 0 Å². The summed E-state index contributed by atoms with van der Waals surface area (Å²) in [4.78, 5) is 0. The molecule has 0 heterocycles. The first-order valence-corrected chi connectivity index (χ1v) is 6.66. The Morgan fingerprint density at radius 1 is 1.13 bits per heavy atom. The number of sulfonamides is 1. The van der Waals surface area contributed by atoms with Gasteiger partial charge in [0.2, 0.25) is 10.0 Å². The van der Waals surface area contributed by atoms with E-state index < -0.39 is 10.0 Å². The van der Waals surface area contributed by atoms with Crippen molar-refractivity contribution in [3.05, 3.63) is 29.8 Å². The number of nitrogens with one attached hydrogen (secondary N) is 1. The van der Waals surface area contributed by atoms with E-state index in [0.717, 1.165) is 11.8 Å². The molecule has 0 aliphatic carbocycles. The van der Waals surface area contributed by atoms with Gasteiger partial charge < -0.3 is 0 Å². The van der Waals surface area contributed by atoms with Crippen LogP contribution in [-0.2, 0) is 15.4 Å². The molecule has 0 saturated heterocycles. The van der Waals surface area contributed by atoms with Gasteiger partial charge in [0.1, 0.15) is 0 Å².